The Balaban J connectivity index is 4.33. The van der Waals surface area contributed by atoms with E-state index in [-0.39, 0.29) is 31.1 Å². The summed E-state index contributed by atoms with van der Waals surface area (Å²) in [5.41, 5.74) is 0. The number of unbranched alkanes of at least 4 members (excludes halogenated alkanes) is 41. The van der Waals surface area contributed by atoms with Crippen LogP contribution in [0.4, 0.5) is 0 Å². The summed E-state index contributed by atoms with van der Waals surface area (Å²) in [6, 6.07) is 0. The largest absolute Gasteiger partial charge is 0.462 e. The third kappa shape index (κ3) is 69.3. The zero-order valence-corrected chi connectivity index (χ0v) is 55.2. The van der Waals surface area contributed by atoms with Gasteiger partial charge in [-0.1, -0.05) is 337 Å². The van der Waals surface area contributed by atoms with E-state index in [1.807, 2.05) is 0 Å². The first kappa shape index (κ1) is 79.6. The van der Waals surface area contributed by atoms with Crippen LogP contribution < -0.4 is 0 Å². The molecule has 6 heteroatoms. The van der Waals surface area contributed by atoms with Crippen LogP contribution in [0.25, 0.3) is 0 Å². The SMILES string of the molecule is CC/C=C\C/C=C\C/C=C\C/C=C\C/C=C\CCCCCCCCCCCCCC(=O)OCC(COC(=O)CCCCCCCCCCCCCCCCCCCCC)OC(=O)CCCCCCCCCCC/C=C\C/C=C\CCCCC. The van der Waals surface area contributed by atoms with Gasteiger partial charge in [0.05, 0.1) is 0 Å². The molecule has 0 aromatic heterocycles. The molecule has 0 aliphatic rings. The van der Waals surface area contributed by atoms with Crippen molar-refractivity contribution >= 4 is 17.9 Å². The zero-order chi connectivity index (χ0) is 59.9. The van der Waals surface area contributed by atoms with Gasteiger partial charge in [0.2, 0.25) is 0 Å². The highest BCUT2D eigenvalue weighted by molar-refractivity contribution is 5.71. The van der Waals surface area contributed by atoms with Crippen LogP contribution >= 0.6 is 0 Å². The summed E-state index contributed by atoms with van der Waals surface area (Å²) in [5.74, 6) is -0.859. The average molecular weight is 1160 g/mol. The highest BCUT2D eigenvalue weighted by Crippen LogP contribution is 2.18. The molecule has 0 saturated carbocycles. The summed E-state index contributed by atoms with van der Waals surface area (Å²) in [5, 5.41) is 0. The molecule has 0 rings (SSSR count). The van der Waals surface area contributed by atoms with Gasteiger partial charge in [-0.15, -0.1) is 0 Å². The predicted molar refractivity (Wildman–Crippen MR) is 362 cm³/mol. The smallest absolute Gasteiger partial charge is 0.306 e. The molecular formula is C77H136O6. The lowest BCUT2D eigenvalue weighted by Gasteiger charge is -2.18. The summed E-state index contributed by atoms with van der Waals surface area (Å²) in [4.78, 5) is 38.5. The molecule has 0 aromatic carbocycles. The minimum atomic E-state index is -0.781. The second-order valence-corrected chi connectivity index (χ2v) is 24.1. The van der Waals surface area contributed by atoms with Crippen LogP contribution in [0.3, 0.4) is 0 Å². The standard InChI is InChI=1S/C77H136O6/c1-4-7-10-13-16-19-22-25-28-31-34-35-36-37-38-39-40-41-44-46-49-52-55-58-61-64-67-70-76(79)82-73-74(83-77(80)71-68-65-62-59-56-53-50-47-43-33-30-27-24-21-18-15-12-9-6-3)72-81-75(78)69-66-63-60-57-54-51-48-45-42-32-29-26-23-20-17-14-11-8-5-2/h7,10,16,18-19,21,25,27-28,30,34-35,37-38,74H,4-6,8-9,11-15,17,20,22-24,26,29,31-33,36,39-73H2,1-3H3/b10-7-,19-16-,21-18-,28-25-,30-27-,35-34-,38-37-. The molecule has 0 radical (unpaired) electrons. The summed E-state index contributed by atoms with van der Waals surface area (Å²) in [6.45, 7) is 6.56. The van der Waals surface area contributed by atoms with E-state index >= 15 is 0 Å². The number of carbonyl (C=O) groups is 3. The van der Waals surface area contributed by atoms with E-state index in [1.165, 1.54) is 231 Å². The predicted octanol–water partition coefficient (Wildman–Crippen LogP) is 25.0. The Labute approximate surface area is 515 Å². The molecule has 1 atom stereocenters. The van der Waals surface area contributed by atoms with Gasteiger partial charge in [-0.3, -0.25) is 14.4 Å². The van der Waals surface area contributed by atoms with Crippen LogP contribution in [0.5, 0.6) is 0 Å². The highest BCUT2D eigenvalue weighted by atomic mass is 16.6. The van der Waals surface area contributed by atoms with Crippen LogP contribution in [-0.2, 0) is 28.6 Å². The second kappa shape index (κ2) is 71.1. The number of carbonyl (C=O) groups excluding carboxylic acids is 3. The minimum Gasteiger partial charge on any atom is -0.462 e. The van der Waals surface area contributed by atoms with Gasteiger partial charge >= 0.3 is 17.9 Å². The van der Waals surface area contributed by atoms with Crippen molar-refractivity contribution < 1.29 is 28.6 Å². The summed E-state index contributed by atoms with van der Waals surface area (Å²) >= 11 is 0. The Bertz CT molecular complexity index is 1570. The Morgan fingerprint density at radius 1 is 0.253 bits per heavy atom. The van der Waals surface area contributed by atoms with Crippen LogP contribution in [0, 0.1) is 0 Å². The van der Waals surface area contributed by atoms with Crippen molar-refractivity contribution in [2.45, 2.75) is 374 Å². The number of rotatable bonds is 66. The minimum absolute atomic E-state index is 0.0745. The molecule has 0 aliphatic carbocycles. The van der Waals surface area contributed by atoms with Crippen LogP contribution in [0.15, 0.2) is 85.1 Å². The number of hydrogen-bond donors (Lipinski definition) is 0. The van der Waals surface area contributed by atoms with Gasteiger partial charge in [-0.2, -0.15) is 0 Å². The van der Waals surface area contributed by atoms with E-state index in [2.05, 4.69) is 106 Å². The van der Waals surface area contributed by atoms with Crippen molar-refractivity contribution in [3.05, 3.63) is 85.1 Å². The summed E-state index contributed by atoms with van der Waals surface area (Å²) < 4.78 is 17.0. The lowest BCUT2D eigenvalue weighted by Crippen LogP contribution is -2.30. The van der Waals surface area contributed by atoms with E-state index in [0.717, 1.165) is 96.3 Å². The highest BCUT2D eigenvalue weighted by Gasteiger charge is 2.19. The molecule has 0 saturated heterocycles. The molecule has 0 aromatic rings. The van der Waals surface area contributed by atoms with Crippen molar-refractivity contribution in [1.29, 1.82) is 0 Å². The quantitative estimate of drug-likeness (QED) is 0.0261. The Kier molecular flexibility index (Phi) is 68.2. The average Bonchev–Trinajstić information content (AvgIpc) is 3.50. The topological polar surface area (TPSA) is 78.9 Å². The van der Waals surface area contributed by atoms with Crippen molar-refractivity contribution in [3.8, 4) is 0 Å². The first-order chi connectivity index (χ1) is 41.0. The number of hydrogen-bond acceptors (Lipinski definition) is 6. The van der Waals surface area contributed by atoms with Crippen molar-refractivity contribution in [2.24, 2.45) is 0 Å². The maximum atomic E-state index is 13.0. The Morgan fingerprint density at radius 2 is 0.470 bits per heavy atom. The van der Waals surface area contributed by atoms with Gasteiger partial charge in [-0.25, -0.2) is 0 Å². The summed E-state index contributed by atoms with van der Waals surface area (Å²) in [7, 11) is 0. The van der Waals surface area contributed by atoms with Crippen LogP contribution in [0.1, 0.15) is 367 Å². The maximum Gasteiger partial charge on any atom is 0.306 e. The van der Waals surface area contributed by atoms with E-state index < -0.39 is 6.10 Å². The molecule has 480 valence electrons. The van der Waals surface area contributed by atoms with E-state index in [4.69, 9.17) is 14.2 Å². The molecular weight excluding hydrogens is 1020 g/mol. The normalized spacial score (nSPS) is 12.6. The molecule has 0 heterocycles. The first-order valence-corrected chi connectivity index (χ1v) is 36.1. The third-order valence-corrected chi connectivity index (χ3v) is 15.9. The fourth-order valence-corrected chi connectivity index (χ4v) is 10.5. The van der Waals surface area contributed by atoms with Crippen molar-refractivity contribution in [2.75, 3.05) is 13.2 Å². The van der Waals surface area contributed by atoms with Crippen molar-refractivity contribution in [1.82, 2.24) is 0 Å². The van der Waals surface area contributed by atoms with Gasteiger partial charge in [-0.05, 0) is 96.3 Å². The fourth-order valence-electron chi connectivity index (χ4n) is 10.5. The molecule has 6 nitrogen and oxygen atoms in total. The van der Waals surface area contributed by atoms with Gasteiger partial charge in [0.15, 0.2) is 6.10 Å². The van der Waals surface area contributed by atoms with E-state index in [1.54, 1.807) is 0 Å². The molecule has 0 aliphatic heterocycles. The lowest BCUT2D eigenvalue weighted by atomic mass is 10.0. The second-order valence-electron chi connectivity index (χ2n) is 24.1. The number of allylic oxidation sites excluding steroid dienone is 14. The van der Waals surface area contributed by atoms with Gasteiger partial charge in [0, 0.05) is 19.3 Å². The Hall–Kier alpha value is -3.41. The molecule has 0 bridgehead atoms. The van der Waals surface area contributed by atoms with E-state index in [9.17, 15) is 14.4 Å². The molecule has 0 spiro atoms. The maximum absolute atomic E-state index is 13.0. The lowest BCUT2D eigenvalue weighted by molar-refractivity contribution is -0.167. The first-order valence-electron chi connectivity index (χ1n) is 36.1. The Morgan fingerprint density at radius 3 is 0.759 bits per heavy atom. The fraction of sp³-hybridized carbons (Fsp3) is 0.779. The third-order valence-electron chi connectivity index (χ3n) is 15.9. The number of esters is 3. The zero-order valence-electron chi connectivity index (χ0n) is 55.2. The van der Waals surface area contributed by atoms with Gasteiger partial charge in [0.25, 0.3) is 0 Å². The monoisotopic (exact) mass is 1160 g/mol. The molecule has 0 N–H and O–H groups in total. The van der Waals surface area contributed by atoms with Gasteiger partial charge in [0.1, 0.15) is 13.2 Å². The van der Waals surface area contributed by atoms with Crippen LogP contribution in [0.2, 0.25) is 0 Å². The molecule has 0 amide bonds. The molecule has 83 heavy (non-hydrogen) atoms. The number of ether oxygens (including phenoxy) is 3. The van der Waals surface area contributed by atoms with E-state index in [0.29, 0.717) is 19.3 Å². The molecule has 1 unspecified atom stereocenters. The van der Waals surface area contributed by atoms with Crippen LogP contribution in [-0.4, -0.2) is 37.2 Å². The summed E-state index contributed by atoms with van der Waals surface area (Å²) in [6.07, 6.45) is 94.6. The van der Waals surface area contributed by atoms with Crippen molar-refractivity contribution in [3.63, 3.8) is 0 Å². The van der Waals surface area contributed by atoms with Gasteiger partial charge < -0.3 is 14.2 Å². The molecule has 0 fully saturated rings.